The van der Waals surface area contributed by atoms with Crippen LogP contribution in [0.15, 0.2) is 12.1 Å². The van der Waals surface area contributed by atoms with Crippen LogP contribution >= 0.6 is 0 Å². The van der Waals surface area contributed by atoms with E-state index in [-0.39, 0.29) is 5.60 Å². The second-order valence-corrected chi connectivity index (χ2v) is 7.29. The Morgan fingerprint density at radius 2 is 1.86 bits per heavy atom. The number of rotatable bonds is 3. The minimum atomic E-state index is 0.0232. The third kappa shape index (κ3) is 2.43. The third-order valence-electron chi connectivity index (χ3n) is 5.07. The molecule has 1 N–H and O–H groups in total. The van der Waals surface area contributed by atoms with Crippen LogP contribution in [0.5, 0.6) is 17.2 Å². The van der Waals surface area contributed by atoms with E-state index in [9.17, 15) is 0 Å². The molecule has 0 bridgehead atoms. The molecule has 1 aliphatic carbocycles. The zero-order valence-corrected chi connectivity index (χ0v) is 13.5. The maximum atomic E-state index is 6.47. The van der Waals surface area contributed by atoms with Crippen molar-refractivity contribution < 1.29 is 14.2 Å². The van der Waals surface area contributed by atoms with E-state index >= 15 is 0 Å². The van der Waals surface area contributed by atoms with Crippen molar-refractivity contribution >= 4 is 0 Å². The number of hydrogen-bond donors (Lipinski definition) is 1. The highest BCUT2D eigenvalue weighted by Gasteiger charge is 2.43. The van der Waals surface area contributed by atoms with Crippen LogP contribution in [0.3, 0.4) is 0 Å². The average molecular weight is 303 g/mol. The van der Waals surface area contributed by atoms with Crippen LogP contribution in [0, 0.1) is 5.92 Å². The quantitative estimate of drug-likeness (QED) is 0.922. The summed E-state index contributed by atoms with van der Waals surface area (Å²) in [6, 6.07) is 4.48. The van der Waals surface area contributed by atoms with E-state index in [1.807, 2.05) is 6.07 Å². The van der Waals surface area contributed by atoms with Crippen molar-refractivity contribution in [1.29, 1.82) is 0 Å². The van der Waals surface area contributed by atoms with Gasteiger partial charge in [-0.25, -0.2) is 0 Å². The molecule has 1 aromatic rings. The van der Waals surface area contributed by atoms with Crippen molar-refractivity contribution in [2.24, 2.45) is 5.92 Å². The molecule has 2 aliphatic heterocycles. The Balaban J connectivity index is 1.68. The minimum Gasteiger partial charge on any atom is -0.487 e. The summed E-state index contributed by atoms with van der Waals surface area (Å²) in [5, 5.41) is 3.74. The zero-order chi connectivity index (χ0) is 15.2. The van der Waals surface area contributed by atoms with Crippen LogP contribution in [0.2, 0.25) is 0 Å². The molecule has 1 saturated carbocycles. The van der Waals surface area contributed by atoms with Crippen molar-refractivity contribution in [1.82, 2.24) is 5.32 Å². The van der Waals surface area contributed by atoms with E-state index in [1.165, 1.54) is 31.2 Å². The van der Waals surface area contributed by atoms with Gasteiger partial charge in [0.05, 0.1) is 0 Å². The monoisotopic (exact) mass is 303 g/mol. The zero-order valence-electron chi connectivity index (χ0n) is 13.5. The number of ether oxygens (including phenoxy) is 3. The Morgan fingerprint density at radius 1 is 1.14 bits per heavy atom. The predicted molar refractivity (Wildman–Crippen MR) is 84.6 cm³/mol. The smallest absolute Gasteiger partial charge is 0.231 e. The van der Waals surface area contributed by atoms with Crippen LogP contribution in [-0.2, 0) is 0 Å². The topological polar surface area (TPSA) is 39.7 Å². The molecule has 4 rings (SSSR count). The average Bonchev–Trinajstić information content (AvgIpc) is 3.12. The normalized spacial score (nSPS) is 24.6. The van der Waals surface area contributed by atoms with Gasteiger partial charge in [0.25, 0.3) is 0 Å². The molecule has 1 unspecified atom stereocenters. The van der Waals surface area contributed by atoms with E-state index in [1.54, 1.807) is 0 Å². The number of hydrogen-bond acceptors (Lipinski definition) is 4. The first-order valence-electron chi connectivity index (χ1n) is 8.51. The Kier molecular flexibility index (Phi) is 3.44. The lowest BCUT2D eigenvalue weighted by molar-refractivity contribution is 0.0361. The predicted octanol–water partition coefficient (Wildman–Crippen LogP) is 3.80. The second-order valence-electron chi connectivity index (χ2n) is 7.29. The van der Waals surface area contributed by atoms with Gasteiger partial charge in [-0.1, -0.05) is 13.8 Å². The highest BCUT2D eigenvalue weighted by molar-refractivity contribution is 5.54. The van der Waals surface area contributed by atoms with Gasteiger partial charge in [0.15, 0.2) is 11.5 Å². The fraction of sp³-hybridized carbons (Fsp3) is 0.667. The fourth-order valence-corrected chi connectivity index (χ4v) is 3.94. The van der Waals surface area contributed by atoms with Crippen LogP contribution in [0.25, 0.3) is 0 Å². The van der Waals surface area contributed by atoms with E-state index in [0.717, 1.165) is 30.2 Å². The molecular formula is C18H25NO3. The number of fused-ring (bicyclic) bond motifs is 2. The molecular weight excluding hydrogens is 278 g/mol. The van der Waals surface area contributed by atoms with Gasteiger partial charge < -0.3 is 19.5 Å². The molecule has 22 heavy (non-hydrogen) atoms. The standard InChI is InChI=1S/C18H25NO3/c1-12(2)10-19-14-9-18(5-3-4-6-18)22-15-8-17-16(7-13(14)15)20-11-21-17/h7-8,12,14,19H,3-6,9-11H2,1-2H3. The summed E-state index contributed by atoms with van der Waals surface area (Å²) in [6.45, 7) is 5.83. The second kappa shape index (κ2) is 5.34. The molecule has 0 saturated heterocycles. The van der Waals surface area contributed by atoms with Crippen molar-refractivity contribution in [2.45, 2.75) is 57.6 Å². The molecule has 1 fully saturated rings. The molecule has 0 radical (unpaired) electrons. The van der Waals surface area contributed by atoms with E-state index in [0.29, 0.717) is 18.8 Å². The highest BCUT2D eigenvalue weighted by Crippen LogP contribution is 2.50. The number of nitrogens with one attached hydrogen (secondary N) is 1. The lowest BCUT2D eigenvalue weighted by Crippen LogP contribution is -2.42. The molecule has 4 heteroatoms. The maximum absolute atomic E-state index is 6.47. The van der Waals surface area contributed by atoms with Gasteiger partial charge in [0.2, 0.25) is 6.79 Å². The summed E-state index contributed by atoms with van der Waals surface area (Å²) in [5.74, 6) is 3.29. The summed E-state index contributed by atoms with van der Waals surface area (Å²) in [7, 11) is 0. The molecule has 1 aromatic carbocycles. The van der Waals surface area contributed by atoms with Crippen molar-refractivity contribution in [2.75, 3.05) is 13.3 Å². The first kappa shape index (κ1) is 14.2. The van der Waals surface area contributed by atoms with Crippen molar-refractivity contribution in [3.05, 3.63) is 17.7 Å². The molecule has 2 heterocycles. The first-order chi connectivity index (χ1) is 10.7. The van der Waals surface area contributed by atoms with Crippen LogP contribution < -0.4 is 19.5 Å². The molecule has 4 nitrogen and oxygen atoms in total. The molecule has 0 amide bonds. The Hall–Kier alpha value is -1.42. The summed E-state index contributed by atoms with van der Waals surface area (Å²) in [5.41, 5.74) is 1.25. The van der Waals surface area contributed by atoms with Gasteiger partial charge >= 0.3 is 0 Å². The Bertz CT molecular complexity index is 564. The molecule has 1 spiro atoms. The molecule has 0 aromatic heterocycles. The van der Waals surface area contributed by atoms with E-state index < -0.39 is 0 Å². The van der Waals surface area contributed by atoms with Gasteiger partial charge in [0, 0.05) is 24.1 Å². The SMILES string of the molecule is CC(C)CNC1CC2(CCCC2)Oc2cc3c(cc21)OCO3. The van der Waals surface area contributed by atoms with Gasteiger partial charge in [-0.05, 0) is 44.2 Å². The van der Waals surface area contributed by atoms with Gasteiger partial charge in [-0.15, -0.1) is 0 Å². The van der Waals surface area contributed by atoms with E-state index in [4.69, 9.17) is 14.2 Å². The molecule has 1 atom stereocenters. The minimum absolute atomic E-state index is 0.0232. The highest BCUT2D eigenvalue weighted by atomic mass is 16.7. The van der Waals surface area contributed by atoms with Gasteiger partial charge in [0.1, 0.15) is 11.4 Å². The lowest BCUT2D eigenvalue weighted by Gasteiger charge is -2.40. The Labute approximate surface area is 132 Å². The molecule has 3 aliphatic rings. The van der Waals surface area contributed by atoms with Gasteiger partial charge in [-0.3, -0.25) is 0 Å². The summed E-state index contributed by atoms with van der Waals surface area (Å²) >= 11 is 0. The summed E-state index contributed by atoms with van der Waals surface area (Å²) < 4.78 is 17.5. The lowest BCUT2D eigenvalue weighted by atomic mass is 9.85. The van der Waals surface area contributed by atoms with Crippen molar-refractivity contribution in [3.8, 4) is 17.2 Å². The largest absolute Gasteiger partial charge is 0.487 e. The number of benzene rings is 1. The van der Waals surface area contributed by atoms with Gasteiger partial charge in [-0.2, -0.15) is 0 Å². The summed E-state index contributed by atoms with van der Waals surface area (Å²) in [4.78, 5) is 0. The fourth-order valence-electron chi connectivity index (χ4n) is 3.94. The van der Waals surface area contributed by atoms with Crippen LogP contribution in [0.4, 0.5) is 0 Å². The molecule has 120 valence electrons. The first-order valence-corrected chi connectivity index (χ1v) is 8.51. The third-order valence-corrected chi connectivity index (χ3v) is 5.07. The van der Waals surface area contributed by atoms with Crippen molar-refractivity contribution in [3.63, 3.8) is 0 Å². The summed E-state index contributed by atoms with van der Waals surface area (Å²) in [6.07, 6.45) is 5.95. The van der Waals surface area contributed by atoms with Crippen LogP contribution in [0.1, 0.15) is 57.6 Å². The van der Waals surface area contributed by atoms with E-state index in [2.05, 4.69) is 25.2 Å². The Morgan fingerprint density at radius 3 is 2.59 bits per heavy atom. The maximum Gasteiger partial charge on any atom is 0.231 e. The van der Waals surface area contributed by atoms with Crippen LogP contribution in [-0.4, -0.2) is 18.9 Å².